The first kappa shape index (κ1) is 22.7. The van der Waals surface area contributed by atoms with Gasteiger partial charge in [0, 0.05) is 24.3 Å². The zero-order chi connectivity index (χ0) is 22.5. The fraction of sp³-hybridized carbons (Fsp3) is 0.462. The van der Waals surface area contributed by atoms with Crippen LogP contribution in [0.1, 0.15) is 72.6 Å². The fourth-order valence-corrected chi connectivity index (χ4v) is 5.21. The lowest BCUT2D eigenvalue weighted by atomic mass is 9.78. The van der Waals surface area contributed by atoms with E-state index >= 15 is 0 Å². The standard InChI is InChI=1S/C26H31ClN2O3/c1-2-16-32-24-17-19(28-25(30)20-10-4-5-11-22(20)27)13-14-21(24)26(31)29-15-7-9-18-8-3-6-12-23(18)29/h4-5,10-11,13-14,17-18,23H,2-3,6-9,12,15-16H2,1H3,(H,28,30). The molecule has 2 aromatic carbocycles. The van der Waals surface area contributed by atoms with Crippen LogP contribution in [-0.2, 0) is 0 Å². The molecule has 2 atom stereocenters. The van der Waals surface area contributed by atoms with Gasteiger partial charge in [-0.05, 0) is 62.3 Å². The lowest BCUT2D eigenvalue weighted by molar-refractivity contribution is 0.0387. The van der Waals surface area contributed by atoms with Crippen molar-refractivity contribution in [1.29, 1.82) is 0 Å². The van der Waals surface area contributed by atoms with Crippen molar-refractivity contribution in [3.05, 3.63) is 58.6 Å². The molecule has 2 unspecified atom stereocenters. The van der Waals surface area contributed by atoms with E-state index in [0.717, 1.165) is 25.8 Å². The highest BCUT2D eigenvalue weighted by molar-refractivity contribution is 6.34. The van der Waals surface area contributed by atoms with Gasteiger partial charge in [-0.3, -0.25) is 9.59 Å². The number of anilines is 1. The number of hydrogen-bond donors (Lipinski definition) is 1. The Hall–Kier alpha value is -2.53. The van der Waals surface area contributed by atoms with Crippen LogP contribution in [0.3, 0.4) is 0 Å². The molecule has 1 saturated heterocycles. The highest BCUT2D eigenvalue weighted by Crippen LogP contribution is 2.37. The summed E-state index contributed by atoms with van der Waals surface area (Å²) in [5, 5.41) is 3.27. The van der Waals surface area contributed by atoms with E-state index in [2.05, 4.69) is 10.2 Å². The number of halogens is 1. The molecule has 0 bridgehead atoms. The molecule has 0 radical (unpaired) electrons. The number of benzene rings is 2. The normalized spacial score (nSPS) is 20.4. The van der Waals surface area contributed by atoms with Crippen LogP contribution in [-0.4, -0.2) is 35.9 Å². The van der Waals surface area contributed by atoms with E-state index in [1.54, 1.807) is 42.5 Å². The molecule has 6 heteroatoms. The maximum absolute atomic E-state index is 13.6. The molecule has 2 fully saturated rings. The molecule has 1 heterocycles. The number of hydrogen-bond acceptors (Lipinski definition) is 3. The van der Waals surface area contributed by atoms with Crippen molar-refractivity contribution >= 4 is 29.1 Å². The number of fused-ring (bicyclic) bond motifs is 1. The van der Waals surface area contributed by atoms with Crippen molar-refractivity contribution in [2.24, 2.45) is 5.92 Å². The van der Waals surface area contributed by atoms with E-state index in [9.17, 15) is 9.59 Å². The predicted octanol–water partition coefficient (Wildman–Crippen LogP) is 6.18. The van der Waals surface area contributed by atoms with Gasteiger partial charge in [0.25, 0.3) is 11.8 Å². The van der Waals surface area contributed by atoms with E-state index in [1.807, 2.05) is 6.92 Å². The average molecular weight is 455 g/mol. The molecule has 32 heavy (non-hydrogen) atoms. The average Bonchev–Trinajstić information content (AvgIpc) is 2.82. The predicted molar refractivity (Wildman–Crippen MR) is 128 cm³/mol. The van der Waals surface area contributed by atoms with Crippen molar-refractivity contribution in [1.82, 2.24) is 4.90 Å². The topological polar surface area (TPSA) is 58.6 Å². The van der Waals surface area contributed by atoms with Crippen molar-refractivity contribution in [2.45, 2.75) is 57.9 Å². The number of nitrogens with zero attached hydrogens (tertiary/aromatic N) is 1. The monoisotopic (exact) mass is 454 g/mol. The highest BCUT2D eigenvalue weighted by Gasteiger charge is 2.36. The lowest BCUT2D eigenvalue weighted by Gasteiger charge is -2.44. The molecule has 2 aromatic rings. The number of likely N-dealkylation sites (tertiary alicyclic amines) is 1. The quantitative estimate of drug-likeness (QED) is 0.567. The SMILES string of the molecule is CCCOc1cc(NC(=O)c2ccccc2Cl)ccc1C(=O)N1CCCC2CCCCC21. The molecule has 1 aliphatic heterocycles. The minimum absolute atomic E-state index is 0.0386. The summed E-state index contributed by atoms with van der Waals surface area (Å²) in [5.41, 5.74) is 1.55. The molecule has 2 aliphatic rings. The van der Waals surface area contributed by atoms with E-state index in [-0.39, 0.29) is 11.8 Å². The first-order chi connectivity index (χ1) is 15.6. The molecule has 2 amide bonds. The second kappa shape index (κ2) is 10.4. The molecular weight excluding hydrogens is 424 g/mol. The first-order valence-corrected chi connectivity index (χ1v) is 12.1. The maximum Gasteiger partial charge on any atom is 0.257 e. The molecule has 1 saturated carbocycles. The molecule has 170 valence electrons. The van der Waals surface area contributed by atoms with E-state index in [1.165, 1.54) is 25.7 Å². The molecule has 4 rings (SSSR count). The van der Waals surface area contributed by atoms with Crippen LogP contribution >= 0.6 is 11.6 Å². The summed E-state index contributed by atoms with van der Waals surface area (Å²) in [6.45, 7) is 3.34. The van der Waals surface area contributed by atoms with Gasteiger partial charge in [0.1, 0.15) is 5.75 Å². The van der Waals surface area contributed by atoms with Crippen LogP contribution in [0.15, 0.2) is 42.5 Å². The Morgan fingerprint density at radius 2 is 1.84 bits per heavy atom. The first-order valence-electron chi connectivity index (χ1n) is 11.7. The van der Waals surface area contributed by atoms with Crippen molar-refractivity contribution in [2.75, 3.05) is 18.5 Å². The van der Waals surface area contributed by atoms with E-state index in [4.69, 9.17) is 16.3 Å². The Morgan fingerprint density at radius 3 is 2.66 bits per heavy atom. The Bertz CT molecular complexity index is 975. The summed E-state index contributed by atoms with van der Waals surface area (Å²) >= 11 is 6.16. The van der Waals surface area contributed by atoms with Crippen molar-refractivity contribution < 1.29 is 14.3 Å². The summed E-state index contributed by atoms with van der Waals surface area (Å²) in [6, 6.07) is 12.6. The summed E-state index contributed by atoms with van der Waals surface area (Å²) in [7, 11) is 0. The van der Waals surface area contributed by atoms with Crippen molar-refractivity contribution in [3.63, 3.8) is 0 Å². The molecule has 1 N–H and O–H groups in total. The number of carbonyl (C=O) groups is 2. The minimum atomic E-state index is -0.294. The van der Waals surface area contributed by atoms with Crippen LogP contribution in [0.25, 0.3) is 0 Å². The summed E-state index contributed by atoms with van der Waals surface area (Å²) in [6.07, 6.45) is 7.89. The van der Waals surface area contributed by atoms with Crippen LogP contribution < -0.4 is 10.1 Å². The summed E-state index contributed by atoms with van der Waals surface area (Å²) in [4.78, 5) is 28.3. The number of nitrogens with one attached hydrogen (secondary N) is 1. The minimum Gasteiger partial charge on any atom is -0.493 e. The van der Waals surface area contributed by atoms with Crippen LogP contribution in [0.5, 0.6) is 5.75 Å². The molecule has 5 nitrogen and oxygen atoms in total. The van der Waals surface area contributed by atoms with Crippen LogP contribution in [0.2, 0.25) is 5.02 Å². The van der Waals surface area contributed by atoms with Gasteiger partial charge in [-0.25, -0.2) is 0 Å². The number of ether oxygens (including phenoxy) is 1. The van der Waals surface area contributed by atoms with Gasteiger partial charge < -0.3 is 15.0 Å². The Balaban J connectivity index is 1.57. The van der Waals surface area contributed by atoms with Crippen LogP contribution in [0.4, 0.5) is 5.69 Å². The fourth-order valence-electron chi connectivity index (χ4n) is 4.98. The Morgan fingerprint density at radius 1 is 1.06 bits per heavy atom. The van der Waals surface area contributed by atoms with E-state index in [0.29, 0.717) is 46.2 Å². The zero-order valence-electron chi connectivity index (χ0n) is 18.6. The molecule has 0 spiro atoms. The van der Waals surface area contributed by atoms with Gasteiger partial charge in [-0.2, -0.15) is 0 Å². The smallest absolute Gasteiger partial charge is 0.257 e. The van der Waals surface area contributed by atoms with Gasteiger partial charge in [0.2, 0.25) is 0 Å². The third-order valence-electron chi connectivity index (χ3n) is 6.55. The number of amides is 2. The van der Waals surface area contributed by atoms with Gasteiger partial charge in [0.15, 0.2) is 0 Å². The van der Waals surface area contributed by atoms with Crippen LogP contribution in [0, 0.1) is 5.92 Å². The van der Waals surface area contributed by atoms with Gasteiger partial charge >= 0.3 is 0 Å². The highest BCUT2D eigenvalue weighted by atomic mass is 35.5. The van der Waals surface area contributed by atoms with Gasteiger partial charge in [-0.1, -0.05) is 43.5 Å². The summed E-state index contributed by atoms with van der Waals surface area (Å²) in [5.74, 6) is 0.885. The molecule has 0 aromatic heterocycles. The van der Waals surface area contributed by atoms with Gasteiger partial charge in [0.05, 0.1) is 22.8 Å². The largest absolute Gasteiger partial charge is 0.493 e. The maximum atomic E-state index is 13.6. The van der Waals surface area contributed by atoms with Gasteiger partial charge in [-0.15, -0.1) is 0 Å². The molecular formula is C26H31ClN2O3. The van der Waals surface area contributed by atoms with Crippen molar-refractivity contribution in [3.8, 4) is 5.75 Å². The Labute approximate surface area is 195 Å². The second-order valence-electron chi connectivity index (χ2n) is 8.75. The number of rotatable bonds is 6. The third-order valence-corrected chi connectivity index (χ3v) is 6.88. The second-order valence-corrected chi connectivity index (χ2v) is 9.15. The lowest BCUT2D eigenvalue weighted by Crippen LogP contribution is -2.49. The number of carbonyl (C=O) groups excluding carboxylic acids is 2. The third kappa shape index (κ3) is 4.93. The number of piperidine rings is 1. The Kier molecular flexibility index (Phi) is 7.36. The zero-order valence-corrected chi connectivity index (χ0v) is 19.4. The molecule has 1 aliphatic carbocycles. The van der Waals surface area contributed by atoms with E-state index < -0.39 is 0 Å². The summed E-state index contributed by atoms with van der Waals surface area (Å²) < 4.78 is 5.96.